The van der Waals surface area contributed by atoms with Crippen molar-refractivity contribution in [2.75, 3.05) is 40.0 Å². The van der Waals surface area contributed by atoms with Crippen molar-refractivity contribution in [1.82, 2.24) is 9.80 Å². The molecule has 0 bridgehead atoms. The largest absolute Gasteiger partial charge is 0.493 e. The number of hydrogen-bond acceptors (Lipinski definition) is 7. The minimum atomic E-state index is -0.680. The van der Waals surface area contributed by atoms with E-state index in [1.54, 1.807) is 7.11 Å². The number of imide groups is 1. The number of carbonyl (C=O) groups is 3. The van der Waals surface area contributed by atoms with Gasteiger partial charge in [-0.3, -0.25) is 24.2 Å². The SMILES string of the molecule is COc1cc(CN(CCCc2ccc3c(c2)CCO3)CC2CCCCC2C(=O)O)ccc1OCCN1C(=O)CCC1=O. The van der Waals surface area contributed by atoms with Crippen molar-refractivity contribution in [1.29, 1.82) is 0 Å². The summed E-state index contributed by atoms with van der Waals surface area (Å²) < 4.78 is 17.2. The molecule has 0 radical (unpaired) electrons. The average Bonchev–Trinajstić information content (AvgIpc) is 3.59. The van der Waals surface area contributed by atoms with Crippen LogP contribution in [-0.4, -0.2) is 72.6 Å². The lowest BCUT2D eigenvalue weighted by Gasteiger charge is -2.34. The fourth-order valence-electron chi connectivity index (χ4n) is 6.53. The first kappa shape index (κ1) is 29.9. The summed E-state index contributed by atoms with van der Waals surface area (Å²) >= 11 is 0. The van der Waals surface area contributed by atoms with Crippen LogP contribution in [0.5, 0.6) is 17.2 Å². The minimum Gasteiger partial charge on any atom is -0.493 e. The number of methoxy groups -OCH3 is 1. The van der Waals surface area contributed by atoms with Crippen molar-refractivity contribution in [2.24, 2.45) is 11.8 Å². The summed E-state index contributed by atoms with van der Waals surface area (Å²) in [7, 11) is 1.60. The lowest BCUT2D eigenvalue weighted by Crippen LogP contribution is -2.37. The molecule has 2 amide bonds. The molecule has 0 aromatic heterocycles. The Bertz CT molecular complexity index is 1260. The van der Waals surface area contributed by atoms with E-state index in [0.29, 0.717) is 18.0 Å². The Morgan fingerprint density at radius 2 is 1.81 bits per heavy atom. The highest BCUT2D eigenvalue weighted by atomic mass is 16.5. The molecular weight excluding hydrogens is 536 g/mol. The topological polar surface area (TPSA) is 106 Å². The Hall–Kier alpha value is -3.59. The first-order valence-corrected chi connectivity index (χ1v) is 15.2. The number of carbonyl (C=O) groups excluding carboxylic acids is 2. The summed E-state index contributed by atoms with van der Waals surface area (Å²) in [4.78, 5) is 39.4. The van der Waals surface area contributed by atoms with E-state index in [2.05, 4.69) is 23.1 Å². The van der Waals surface area contributed by atoms with E-state index in [0.717, 1.165) is 76.0 Å². The van der Waals surface area contributed by atoms with Gasteiger partial charge >= 0.3 is 5.97 Å². The number of rotatable bonds is 14. The summed E-state index contributed by atoms with van der Waals surface area (Å²) in [5, 5.41) is 9.88. The van der Waals surface area contributed by atoms with Gasteiger partial charge in [0.15, 0.2) is 11.5 Å². The van der Waals surface area contributed by atoms with E-state index in [1.165, 1.54) is 16.0 Å². The highest BCUT2D eigenvalue weighted by Gasteiger charge is 2.32. The molecule has 9 heteroatoms. The van der Waals surface area contributed by atoms with Crippen LogP contribution in [0.4, 0.5) is 0 Å². The van der Waals surface area contributed by atoms with Crippen LogP contribution in [0.3, 0.4) is 0 Å². The van der Waals surface area contributed by atoms with Gasteiger partial charge in [0.25, 0.3) is 0 Å². The van der Waals surface area contributed by atoms with Gasteiger partial charge in [-0.15, -0.1) is 0 Å². The van der Waals surface area contributed by atoms with Gasteiger partial charge in [-0.1, -0.05) is 31.0 Å². The van der Waals surface area contributed by atoms with Crippen LogP contribution in [0.1, 0.15) is 61.6 Å². The number of hydrogen-bond donors (Lipinski definition) is 1. The van der Waals surface area contributed by atoms with Crippen molar-refractivity contribution in [2.45, 2.75) is 64.3 Å². The van der Waals surface area contributed by atoms with Crippen molar-refractivity contribution in [3.8, 4) is 17.2 Å². The maximum Gasteiger partial charge on any atom is 0.306 e. The zero-order valence-corrected chi connectivity index (χ0v) is 24.5. The molecule has 1 saturated heterocycles. The lowest BCUT2D eigenvalue weighted by atomic mass is 9.79. The third-order valence-electron chi connectivity index (χ3n) is 8.77. The Labute approximate surface area is 247 Å². The molecule has 1 aliphatic carbocycles. The highest BCUT2D eigenvalue weighted by molar-refractivity contribution is 6.01. The molecule has 3 aliphatic rings. The third kappa shape index (κ3) is 7.43. The standard InChI is InChI=1S/C33H42N2O7/c1-40-30-20-24(9-11-29(30)42-18-16-35-31(36)12-13-32(35)37)21-34(22-26-6-2-3-7-27(26)33(38)39)15-4-5-23-8-10-28-25(19-23)14-17-41-28/h8-11,19-20,26-27H,2-7,12-18,21-22H2,1H3,(H,38,39). The smallest absolute Gasteiger partial charge is 0.306 e. The number of carboxylic acids is 1. The highest BCUT2D eigenvalue weighted by Crippen LogP contribution is 2.33. The van der Waals surface area contributed by atoms with Gasteiger partial charge in [0, 0.05) is 32.4 Å². The van der Waals surface area contributed by atoms with Crippen molar-refractivity contribution in [3.05, 3.63) is 53.1 Å². The van der Waals surface area contributed by atoms with Crippen LogP contribution in [0, 0.1) is 11.8 Å². The quantitative estimate of drug-likeness (QED) is 0.327. The predicted octanol–water partition coefficient (Wildman–Crippen LogP) is 4.48. The van der Waals surface area contributed by atoms with Crippen molar-refractivity contribution < 1.29 is 33.7 Å². The van der Waals surface area contributed by atoms with Crippen LogP contribution in [0.2, 0.25) is 0 Å². The number of nitrogens with zero attached hydrogens (tertiary/aromatic N) is 2. The second-order valence-corrected chi connectivity index (χ2v) is 11.6. The van der Waals surface area contributed by atoms with E-state index in [1.807, 2.05) is 18.2 Å². The van der Waals surface area contributed by atoms with Crippen molar-refractivity contribution >= 4 is 17.8 Å². The number of amides is 2. The maximum absolute atomic E-state index is 12.0. The van der Waals surface area contributed by atoms with Gasteiger partial charge in [-0.25, -0.2) is 0 Å². The second kappa shape index (κ2) is 14.1. The third-order valence-corrected chi connectivity index (χ3v) is 8.77. The molecule has 2 heterocycles. The number of likely N-dealkylation sites (tertiary alicyclic amines) is 1. The molecule has 2 atom stereocenters. The van der Waals surface area contributed by atoms with Crippen LogP contribution in [-0.2, 0) is 33.8 Å². The Kier molecular flexibility index (Phi) is 10.00. The molecular formula is C33H42N2O7. The van der Waals surface area contributed by atoms with Crippen LogP contribution < -0.4 is 14.2 Å². The fourth-order valence-corrected chi connectivity index (χ4v) is 6.53. The zero-order valence-electron chi connectivity index (χ0n) is 24.5. The molecule has 1 saturated carbocycles. The van der Waals surface area contributed by atoms with Gasteiger partial charge in [-0.2, -0.15) is 0 Å². The van der Waals surface area contributed by atoms with E-state index < -0.39 is 5.97 Å². The van der Waals surface area contributed by atoms with E-state index in [4.69, 9.17) is 14.2 Å². The van der Waals surface area contributed by atoms with Crippen molar-refractivity contribution in [3.63, 3.8) is 0 Å². The summed E-state index contributed by atoms with van der Waals surface area (Å²) in [5.74, 6) is 1.00. The van der Waals surface area contributed by atoms with E-state index >= 15 is 0 Å². The first-order valence-electron chi connectivity index (χ1n) is 15.2. The van der Waals surface area contributed by atoms with E-state index in [-0.39, 0.29) is 49.6 Å². The molecule has 2 unspecified atom stereocenters. The van der Waals surface area contributed by atoms with Crippen LogP contribution >= 0.6 is 0 Å². The number of carboxylic acid groups (broad SMARTS) is 1. The first-order chi connectivity index (χ1) is 20.4. The average molecular weight is 579 g/mol. The maximum atomic E-state index is 12.0. The summed E-state index contributed by atoms with van der Waals surface area (Å²) in [6.45, 7) is 3.45. The molecule has 0 spiro atoms. The number of aliphatic carboxylic acids is 1. The zero-order chi connectivity index (χ0) is 29.5. The number of benzene rings is 2. The van der Waals surface area contributed by atoms with Gasteiger partial charge in [0.05, 0.1) is 26.2 Å². The summed E-state index contributed by atoms with van der Waals surface area (Å²) in [6, 6.07) is 12.3. The summed E-state index contributed by atoms with van der Waals surface area (Å²) in [6.07, 6.45) is 7.17. The predicted molar refractivity (Wildman–Crippen MR) is 157 cm³/mol. The van der Waals surface area contributed by atoms with Crippen LogP contribution in [0.15, 0.2) is 36.4 Å². The molecule has 2 aliphatic heterocycles. The Morgan fingerprint density at radius 1 is 1.02 bits per heavy atom. The number of fused-ring (bicyclic) bond motifs is 1. The summed E-state index contributed by atoms with van der Waals surface area (Å²) in [5.41, 5.74) is 3.64. The fraction of sp³-hybridized carbons (Fsp3) is 0.545. The van der Waals surface area contributed by atoms with Gasteiger partial charge < -0.3 is 19.3 Å². The van der Waals surface area contributed by atoms with Gasteiger partial charge in [0.2, 0.25) is 11.8 Å². The molecule has 226 valence electrons. The Morgan fingerprint density at radius 3 is 2.60 bits per heavy atom. The molecule has 1 N–H and O–H groups in total. The van der Waals surface area contributed by atoms with Gasteiger partial charge in [-0.05, 0) is 73.0 Å². The molecule has 5 rings (SSSR count). The molecule has 2 fully saturated rings. The number of aryl methyl sites for hydroxylation is 1. The van der Waals surface area contributed by atoms with E-state index in [9.17, 15) is 19.5 Å². The molecule has 2 aromatic carbocycles. The minimum absolute atomic E-state index is 0.133. The lowest BCUT2D eigenvalue weighted by molar-refractivity contribution is -0.145. The number of ether oxygens (including phenoxy) is 3. The van der Waals surface area contributed by atoms with Crippen LogP contribution in [0.25, 0.3) is 0 Å². The monoisotopic (exact) mass is 578 g/mol. The Balaban J connectivity index is 1.23. The second-order valence-electron chi connectivity index (χ2n) is 11.6. The molecule has 2 aromatic rings. The molecule has 9 nitrogen and oxygen atoms in total. The molecule has 42 heavy (non-hydrogen) atoms. The normalized spacial score (nSPS) is 20.1. The van der Waals surface area contributed by atoms with Gasteiger partial charge in [0.1, 0.15) is 12.4 Å².